The lowest BCUT2D eigenvalue weighted by molar-refractivity contribution is -0.112. The largest absolute Gasteiger partial charge is 0.358 e. The maximum absolute atomic E-state index is 4.14. The van der Waals surface area contributed by atoms with E-state index in [-0.39, 0.29) is 10.8 Å². The summed E-state index contributed by atoms with van der Waals surface area (Å²) in [6.45, 7) is 6.79. The molecule has 0 saturated carbocycles. The molecule has 4 nitrogen and oxygen atoms in total. The summed E-state index contributed by atoms with van der Waals surface area (Å²) in [4.78, 5) is 5.41. The Morgan fingerprint density at radius 3 is 2.87 bits per heavy atom. The molecule has 3 saturated heterocycles. The van der Waals surface area contributed by atoms with Crippen LogP contribution in [0.4, 0.5) is 5.69 Å². The maximum atomic E-state index is 4.14. The number of likely N-dealkylation sites (N-methyl/N-ethyl adjacent to an activating group) is 1. The minimum atomic E-state index is 0.152. The average molecular weight is 401 g/mol. The maximum Gasteiger partial charge on any atom is 0.0903 e. The average Bonchev–Trinajstić information content (AvgIpc) is 3.24. The highest BCUT2D eigenvalue weighted by atomic mass is 15.4. The van der Waals surface area contributed by atoms with Crippen molar-refractivity contribution in [1.29, 1.82) is 0 Å². The van der Waals surface area contributed by atoms with Gasteiger partial charge in [-0.05, 0) is 50.4 Å². The van der Waals surface area contributed by atoms with Crippen LogP contribution >= 0.6 is 0 Å². The van der Waals surface area contributed by atoms with Crippen molar-refractivity contribution in [3.63, 3.8) is 0 Å². The van der Waals surface area contributed by atoms with Gasteiger partial charge in [-0.2, -0.15) is 0 Å². The molecule has 0 amide bonds. The first-order valence-corrected chi connectivity index (χ1v) is 11.7. The lowest BCUT2D eigenvalue weighted by Crippen LogP contribution is -2.77. The van der Waals surface area contributed by atoms with Crippen LogP contribution in [0.1, 0.15) is 43.9 Å². The molecule has 2 N–H and O–H groups in total. The van der Waals surface area contributed by atoms with Crippen molar-refractivity contribution in [3.05, 3.63) is 65.3 Å². The molecule has 1 aromatic carbocycles. The van der Waals surface area contributed by atoms with Crippen LogP contribution in [-0.2, 0) is 5.41 Å². The summed E-state index contributed by atoms with van der Waals surface area (Å²) in [7, 11) is 2.33. The fraction of sp³-hybridized carbons (Fsp3) is 0.538. The first-order chi connectivity index (χ1) is 14.6. The van der Waals surface area contributed by atoms with Crippen molar-refractivity contribution >= 4 is 5.69 Å². The second-order valence-electron chi connectivity index (χ2n) is 10.5. The number of hydrogen-bond acceptors (Lipinski definition) is 4. The van der Waals surface area contributed by atoms with Gasteiger partial charge in [-0.15, -0.1) is 0 Å². The van der Waals surface area contributed by atoms with E-state index in [2.05, 4.69) is 89.9 Å². The topological polar surface area (TPSA) is 30.5 Å². The number of rotatable bonds is 1. The van der Waals surface area contributed by atoms with E-state index in [1.165, 1.54) is 24.1 Å². The monoisotopic (exact) mass is 400 g/mol. The standard InChI is InChI=1S/C26H32N4/c1-16(2)15-21-17-7-6-10-20-22(17)26-12-14-30(21)23-25(26,11-13-27-23)18-8-4-5-9-19(18)28-24(26)29(20)3/h4-10,15,18-19,21,23-24,27-28H,11-14H2,1-3H3/t18?,19?,21-,23-,24-,25+,26+/m1/s1. The number of piperidine rings is 2. The molecule has 1 aromatic rings. The van der Waals surface area contributed by atoms with Crippen molar-refractivity contribution in [3.8, 4) is 0 Å². The molecule has 2 bridgehead atoms. The molecule has 1 aliphatic carbocycles. The van der Waals surface area contributed by atoms with Crippen molar-refractivity contribution in [2.75, 3.05) is 25.0 Å². The van der Waals surface area contributed by atoms with Crippen molar-refractivity contribution in [2.45, 2.75) is 56.5 Å². The molecular formula is C26H32N4. The van der Waals surface area contributed by atoms with Gasteiger partial charge in [-0.1, -0.05) is 48.1 Å². The van der Waals surface area contributed by atoms with E-state index < -0.39 is 0 Å². The Bertz CT molecular complexity index is 1020. The highest BCUT2D eigenvalue weighted by molar-refractivity contribution is 5.71. The molecule has 30 heavy (non-hydrogen) atoms. The van der Waals surface area contributed by atoms with Gasteiger partial charge in [0.1, 0.15) is 0 Å². The molecule has 6 heterocycles. The zero-order valence-electron chi connectivity index (χ0n) is 18.2. The summed E-state index contributed by atoms with van der Waals surface area (Å²) in [6, 6.07) is 7.86. The Morgan fingerprint density at radius 2 is 2.00 bits per heavy atom. The van der Waals surface area contributed by atoms with Crippen LogP contribution in [0.5, 0.6) is 0 Å². The quantitative estimate of drug-likeness (QED) is 0.707. The molecule has 156 valence electrons. The number of allylic oxidation sites excluding steroid dienone is 3. The van der Waals surface area contributed by atoms with Gasteiger partial charge in [0.2, 0.25) is 0 Å². The first kappa shape index (κ1) is 17.8. The predicted molar refractivity (Wildman–Crippen MR) is 121 cm³/mol. The minimum Gasteiger partial charge on any atom is -0.358 e. The van der Waals surface area contributed by atoms with E-state index >= 15 is 0 Å². The third kappa shape index (κ3) is 1.75. The highest BCUT2D eigenvalue weighted by Gasteiger charge is 2.75. The van der Waals surface area contributed by atoms with Crippen LogP contribution in [-0.4, -0.2) is 43.4 Å². The summed E-state index contributed by atoms with van der Waals surface area (Å²) in [6.07, 6.45) is 15.3. The Morgan fingerprint density at radius 1 is 1.13 bits per heavy atom. The van der Waals surface area contributed by atoms with Crippen molar-refractivity contribution in [2.24, 2.45) is 11.3 Å². The Balaban J connectivity index is 1.60. The van der Waals surface area contributed by atoms with Crippen LogP contribution in [0.2, 0.25) is 0 Å². The summed E-state index contributed by atoms with van der Waals surface area (Å²) in [5.41, 5.74) is 6.44. The third-order valence-electron chi connectivity index (χ3n) is 9.29. The summed E-state index contributed by atoms with van der Waals surface area (Å²) < 4.78 is 0. The molecule has 0 aromatic heterocycles. The summed E-state index contributed by atoms with van der Waals surface area (Å²) in [5.74, 6) is 0.527. The van der Waals surface area contributed by atoms with Gasteiger partial charge >= 0.3 is 0 Å². The van der Waals surface area contributed by atoms with Crippen LogP contribution < -0.4 is 15.5 Å². The van der Waals surface area contributed by atoms with E-state index in [4.69, 9.17) is 0 Å². The molecule has 3 unspecified atom stereocenters. The van der Waals surface area contributed by atoms with E-state index in [0.717, 1.165) is 13.1 Å². The SMILES string of the molecule is CC(C)=C[C@@H]1c2cccc3c2[C@]24CCN1[C@H]1NCC[C@]12C1C=CC=CC1N[C@@H]4N3C. The smallest absolute Gasteiger partial charge is 0.0903 e. The molecule has 0 radical (unpaired) electrons. The molecule has 2 spiro atoms. The Labute approximate surface area is 179 Å². The van der Waals surface area contributed by atoms with E-state index in [1.807, 2.05) is 0 Å². The fourth-order valence-corrected chi connectivity index (χ4v) is 8.54. The van der Waals surface area contributed by atoms with Gasteiger partial charge in [0.25, 0.3) is 0 Å². The molecular weight excluding hydrogens is 368 g/mol. The zero-order chi connectivity index (χ0) is 20.3. The Kier molecular flexibility index (Phi) is 3.36. The number of nitrogens with zero attached hydrogens (tertiary/aromatic N) is 2. The predicted octanol–water partition coefficient (Wildman–Crippen LogP) is 3.45. The number of hydrogen-bond donors (Lipinski definition) is 2. The van der Waals surface area contributed by atoms with Crippen molar-refractivity contribution in [1.82, 2.24) is 15.5 Å². The van der Waals surface area contributed by atoms with Gasteiger partial charge in [-0.25, -0.2) is 0 Å². The van der Waals surface area contributed by atoms with Crippen LogP contribution in [0, 0.1) is 11.3 Å². The van der Waals surface area contributed by atoms with Crippen LogP contribution in [0.25, 0.3) is 0 Å². The number of nitrogens with one attached hydrogen (secondary N) is 2. The normalized spacial score (nSPS) is 46.3. The number of anilines is 1. The molecule has 7 aliphatic rings. The van der Waals surface area contributed by atoms with Crippen LogP contribution in [0.15, 0.2) is 54.2 Å². The number of fused-ring (bicyclic) bond motifs is 2. The molecule has 6 aliphatic heterocycles. The fourth-order valence-electron chi connectivity index (χ4n) is 8.54. The van der Waals surface area contributed by atoms with Crippen molar-refractivity contribution < 1.29 is 0 Å². The van der Waals surface area contributed by atoms with E-state index in [0.29, 0.717) is 30.3 Å². The van der Waals surface area contributed by atoms with E-state index in [1.54, 1.807) is 11.1 Å². The summed E-state index contributed by atoms with van der Waals surface area (Å²) >= 11 is 0. The van der Waals surface area contributed by atoms with Crippen LogP contribution in [0.3, 0.4) is 0 Å². The third-order valence-corrected chi connectivity index (χ3v) is 9.29. The lowest BCUT2D eigenvalue weighted by atomic mass is 9.46. The second-order valence-corrected chi connectivity index (χ2v) is 10.5. The first-order valence-electron chi connectivity index (χ1n) is 11.7. The van der Waals surface area contributed by atoms with Gasteiger partial charge in [-0.3, -0.25) is 10.2 Å². The van der Waals surface area contributed by atoms with Gasteiger partial charge in [0.15, 0.2) is 0 Å². The molecule has 8 rings (SSSR count). The Hall–Kier alpha value is -1.88. The lowest BCUT2D eigenvalue weighted by Gasteiger charge is -2.65. The summed E-state index contributed by atoms with van der Waals surface area (Å²) in [5, 5.41) is 8.18. The van der Waals surface area contributed by atoms with Gasteiger partial charge in [0.05, 0.1) is 18.4 Å². The number of benzene rings is 1. The zero-order valence-corrected chi connectivity index (χ0v) is 18.2. The van der Waals surface area contributed by atoms with Gasteiger partial charge < -0.3 is 10.2 Å². The molecule has 3 fully saturated rings. The molecule has 8 atom stereocenters. The second kappa shape index (κ2) is 5.67. The molecule has 4 heteroatoms. The highest BCUT2D eigenvalue weighted by Crippen LogP contribution is 2.71. The van der Waals surface area contributed by atoms with Gasteiger partial charge in [0, 0.05) is 42.1 Å². The minimum absolute atomic E-state index is 0.152. The van der Waals surface area contributed by atoms with E-state index in [9.17, 15) is 0 Å².